The predicted molar refractivity (Wildman–Crippen MR) is 173 cm³/mol. The number of aliphatic hydroxyl groups excluding tert-OH is 1. The molecule has 0 aliphatic carbocycles. The predicted octanol–water partition coefficient (Wildman–Crippen LogP) is 3.56. The Balaban J connectivity index is 1.66. The first kappa shape index (κ1) is 36.4. The first-order valence-corrected chi connectivity index (χ1v) is 17.2. The van der Waals surface area contributed by atoms with Crippen LogP contribution in [0.1, 0.15) is 38.7 Å². The highest BCUT2D eigenvalue weighted by Gasteiger charge is 2.49. The molecule has 2 aromatic carbocycles. The lowest BCUT2D eigenvalue weighted by atomic mass is 9.87. The lowest BCUT2D eigenvalue weighted by Gasteiger charge is -2.40. The lowest BCUT2D eigenvalue weighted by Crippen LogP contribution is -2.58. The van der Waals surface area contributed by atoms with Crippen molar-refractivity contribution in [1.82, 2.24) is 14.5 Å². The van der Waals surface area contributed by atoms with Gasteiger partial charge in [0.25, 0.3) is 0 Å². The van der Waals surface area contributed by atoms with Gasteiger partial charge in [0.05, 0.1) is 50.5 Å². The van der Waals surface area contributed by atoms with E-state index in [0.717, 1.165) is 5.56 Å². The Hall–Kier alpha value is -3.43. The second-order valence-electron chi connectivity index (χ2n) is 12.8. The summed E-state index contributed by atoms with van der Waals surface area (Å²) in [7, 11) is -1.40. The first-order valence-electron chi connectivity index (χ1n) is 15.8. The fourth-order valence-electron chi connectivity index (χ4n) is 6.39. The second kappa shape index (κ2) is 16.1. The van der Waals surface area contributed by atoms with Crippen molar-refractivity contribution in [1.29, 1.82) is 0 Å². The number of nitrogens with zero attached hydrogens (tertiary/aromatic N) is 2. The van der Waals surface area contributed by atoms with Gasteiger partial charge in [0.2, 0.25) is 10.0 Å². The summed E-state index contributed by atoms with van der Waals surface area (Å²) in [5, 5.41) is 25.2. The normalized spacial score (nSPS) is 20.8. The molecule has 0 bridgehead atoms. The second-order valence-corrected chi connectivity index (χ2v) is 14.7. The topological polar surface area (TPSA) is 164 Å². The zero-order chi connectivity index (χ0) is 34.2. The zero-order valence-corrected chi connectivity index (χ0v) is 28.2. The Kier molecular flexibility index (Phi) is 12.5. The van der Waals surface area contributed by atoms with Crippen molar-refractivity contribution >= 4 is 22.2 Å². The van der Waals surface area contributed by atoms with Crippen LogP contribution in [0.15, 0.2) is 59.5 Å². The SMILES string of the molecule is COC(=O)NCCCC(C)(C)CN(C[C@@H](O)[C@H](Cc1ccccc1)N(C(=O)O)[C@H]1CO[C@H]2OCC[C@H]21)S(=O)(=O)c1ccc(OC)cc1. The number of rotatable bonds is 16. The van der Waals surface area contributed by atoms with Crippen molar-refractivity contribution in [3.8, 4) is 5.75 Å². The average Bonchev–Trinajstić information content (AvgIpc) is 3.68. The molecular weight excluding hydrogens is 630 g/mol. The summed E-state index contributed by atoms with van der Waals surface area (Å²) >= 11 is 0. The van der Waals surface area contributed by atoms with Crippen LogP contribution in [-0.4, -0.2) is 112 Å². The molecule has 2 aliphatic heterocycles. The quantitative estimate of drug-likeness (QED) is 0.224. The summed E-state index contributed by atoms with van der Waals surface area (Å²) in [6, 6.07) is 13.6. The van der Waals surface area contributed by atoms with Gasteiger partial charge in [0.15, 0.2) is 6.29 Å². The van der Waals surface area contributed by atoms with E-state index >= 15 is 0 Å². The third-order valence-electron chi connectivity index (χ3n) is 8.85. The van der Waals surface area contributed by atoms with Crippen molar-refractivity contribution in [2.24, 2.45) is 11.3 Å². The molecule has 0 saturated carbocycles. The van der Waals surface area contributed by atoms with Crippen LogP contribution in [-0.2, 0) is 30.7 Å². The molecule has 47 heavy (non-hydrogen) atoms. The van der Waals surface area contributed by atoms with Crippen LogP contribution in [0, 0.1) is 11.3 Å². The number of nitrogens with one attached hydrogen (secondary N) is 1. The van der Waals surface area contributed by atoms with E-state index in [0.29, 0.717) is 38.2 Å². The molecule has 14 heteroatoms. The summed E-state index contributed by atoms with van der Waals surface area (Å²) in [6.45, 7) is 4.38. The zero-order valence-electron chi connectivity index (χ0n) is 27.4. The van der Waals surface area contributed by atoms with Crippen molar-refractivity contribution in [2.75, 3.05) is 47.1 Å². The Morgan fingerprint density at radius 3 is 2.43 bits per heavy atom. The summed E-state index contributed by atoms with van der Waals surface area (Å²) in [5.41, 5.74) is 0.204. The number of benzene rings is 2. The molecule has 13 nitrogen and oxygen atoms in total. The van der Waals surface area contributed by atoms with Crippen molar-refractivity contribution in [3.05, 3.63) is 60.2 Å². The molecule has 2 saturated heterocycles. The molecule has 2 amide bonds. The van der Waals surface area contributed by atoms with Crippen LogP contribution >= 0.6 is 0 Å². The van der Waals surface area contributed by atoms with Gasteiger partial charge in [0.1, 0.15) is 5.75 Å². The van der Waals surface area contributed by atoms with E-state index in [1.807, 2.05) is 44.2 Å². The molecule has 4 rings (SSSR count). The minimum Gasteiger partial charge on any atom is -0.497 e. The highest BCUT2D eigenvalue weighted by molar-refractivity contribution is 7.89. The third kappa shape index (κ3) is 9.35. The Bertz CT molecular complexity index is 1420. The summed E-state index contributed by atoms with van der Waals surface area (Å²) in [5.74, 6) is 0.287. The maximum atomic E-state index is 14.2. The minimum absolute atomic E-state index is 0.0125. The molecule has 260 valence electrons. The maximum absolute atomic E-state index is 14.2. The van der Waals surface area contributed by atoms with Crippen LogP contribution in [0.2, 0.25) is 0 Å². The number of carboxylic acid groups (broad SMARTS) is 1. The molecule has 2 aliphatic rings. The number of amides is 2. The van der Waals surface area contributed by atoms with Crippen LogP contribution in [0.4, 0.5) is 9.59 Å². The molecule has 0 unspecified atom stereocenters. The third-order valence-corrected chi connectivity index (χ3v) is 10.7. The van der Waals surface area contributed by atoms with Crippen molar-refractivity contribution in [3.63, 3.8) is 0 Å². The molecule has 3 N–H and O–H groups in total. The van der Waals surface area contributed by atoms with Crippen LogP contribution in [0.5, 0.6) is 5.75 Å². The highest BCUT2D eigenvalue weighted by atomic mass is 32.2. The van der Waals surface area contributed by atoms with E-state index in [9.17, 15) is 28.2 Å². The van der Waals surface area contributed by atoms with Gasteiger partial charge in [-0.3, -0.25) is 4.90 Å². The van der Waals surface area contributed by atoms with Gasteiger partial charge in [-0.1, -0.05) is 44.2 Å². The van der Waals surface area contributed by atoms with Crippen LogP contribution in [0.25, 0.3) is 0 Å². The number of alkyl carbamates (subject to hydrolysis) is 1. The molecule has 0 spiro atoms. The highest BCUT2D eigenvalue weighted by Crippen LogP contribution is 2.36. The number of sulfonamides is 1. The monoisotopic (exact) mass is 677 g/mol. The van der Waals surface area contributed by atoms with Gasteiger partial charge in [-0.25, -0.2) is 18.0 Å². The number of hydrogen-bond donors (Lipinski definition) is 3. The fourth-order valence-corrected chi connectivity index (χ4v) is 8.04. The van der Waals surface area contributed by atoms with Gasteiger partial charge in [-0.15, -0.1) is 0 Å². The largest absolute Gasteiger partial charge is 0.497 e. The van der Waals surface area contributed by atoms with E-state index in [1.54, 1.807) is 12.1 Å². The maximum Gasteiger partial charge on any atom is 0.407 e. The molecule has 5 atom stereocenters. The van der Waals surface area contributed by atoms with Gasteiger partial charge < -0.3 is 34.5 Å². The molecule has 2 fully saturated rings. The molecular formula is C33H47N3O10S. The summed E-state index contributed by atoms with van der Waals surface area (Å²) in [6.07, 6.45) is -1.84. The lowest BCUT2D eigenvalue weighted by molar-refractivity contribution is -0.0906. The van der Waals surface area contributed by atoms with E-state index in [-0.39, 0.29) is 36.9 Å². The Morgan fingerprint density at radius 2 is 1.79 bits per heavy atom. The average molecular weight is 678 g/mol. The number of ether oxygens (including phenoxy) is 4. The van der Waals surface area contributed by atoms with Gasteiger partial charge in [-0.05, 0) is 60.9 Å². The van der Waals surface area contributed by atoms with E-state index < -0.39 is 52.1 Å². The van der Waals surface area contributed by atoms with E-state index in [2.05, 4.69) is 10.1 Å². The molecule has 2 heterocycles. The fraction of sp³-hybridized carbons (Fsp3) is 0.576. The number of fused-ring (bicyclic) bond motifs is 1. The Labute approximate surface area is 276 Å². The number of carbonyl (C=O) groups is 2. The minimum atomic E-state index is -4.17. The van der Waals surface area contributed by atoms with Crippen LogP contribution in [0.3, 0.4) is 0 Å². The smallest absolute Gasteiger partial charge is 0.407 e. The molecule has 0 radical (unpaired) electrons. The molecule has 2 aromatic rings. The van der Waals surface area contributed by atoms with Gasteiger partial charge in [0, 0.05) is 25.6 Å². The number of carbonyl (C=O) groups excluding carboxylic acids is 1. The number of aliphatic hydroxyl groups is 1. The standard InChI is InChI=1S/C33H47N3O10S/c1-33(2,16-8-17-34-31(38)44-4)22-35(47(41,42)25-13-11-24(43-3)12-14-25)20-29(37)27(19-23-9-6-5-7-10-23)36(32(39)40)28-21-46-30-26(28)15-18-45-30/h5-7,9-14,26-30,37H,8,15-22H2,1-4H3,(H,34,38)(H,39,40)/t26-,27-,28-,29+,30+/m0/s1. The Morgan fingerprint density at radius 1 is 1.09 bits per heavy atom. The number of hydrogen-bond acceptors (Lipinski definition) is 9. The summed E-state index contributed by atoms with van der Waals surface area (Å²) in [4.78, 5) is 25.7. The van der Waals surface area contributed by atoms with Crippen LogP contribution < -0.4 is 10.1 Å². The van der Waals surface area contributed by atoms with Crippen molar-refractivity contribution in [2.45, 2.75) is 68.9 Å². The first-order chi connectivity index (χ1) is 22.4. The summed E-state index contributed by atoms with van der Waals surface area (Å²) < 4.78 is 51.0. The van der Waals surface area contributed by atoms with Crippen molar-refractivity contribution < 1.29 is 47.2 Å². The number of methoxy groups -OCH3 is 2. The van der Waals surface area contributed by atoms with Gasteiger partial charge >= 0.3 is 12.2 Å². The van der Waals surface area contributed by atoms with E-state index in [1.165, 1.54) is 35.6 Å². The molecule has 0 aromatic heterocycles. The van der Waals surface area contributed by atoms with Gasteiger partial charge in [-0.2, -0.15) is 4.31 Å². The van der Waals surface area contributed by atoms with E-state index in [4.69, 9.17) is 14.2 Å².